The lowest BCUT2D eigenvalue weighted by molar-refractivity contribution is 0.207. The van der Waals surface area contributed by atoms with Gasteiger partial charge in [-0.15, -0.1) is 0 Å². The highest BCUT2D eigenvalue weighted by molar-refractivity contribution is 4.60. The SMILES string of the molecule is CCCC(CC)CC(C)CO. The maximum absolute atomic E-state index is 8.85. The van der Waals surface area contributed by atoms with E-state index in [9.17, 15) is 0 Å². The van der Waals surface area contributed by atoms with Gasteiger partial charge in [-0.1, -0.05) is 40.0 Å². The Morgan fingerprint density at radius 2 is 1.91 bits per heavy atom. The maximum Gasteiger partial charge on any atom is 0.0456 e. The molecule has 0 bridgehead atoms. The Hall–Kier alpha value is -0.0400. The molecule has 1 heteroatoms. The van der Waals surface area contributed by atoms with E-state index in [0.29, 0.717) is 12.5 Å². The zero-order chi connectivity index (χ0) is 8.69. The third kappa shape index (κ3) is 5.25. The fraction of sp³-hybridized carbons (Fsp3) is 1.00. The molecule has 1 nitrogen and oxygen atoms in total. The molecule has 0 saturated heterocycles. The van der Waals surface area contributed by atoms with Crippen molar-refractivity contribution in [3.05, 3.63) is 0 Å². The minimum absolute atomic E-state index is 0.347. The number of hydrogen-bond acceptors (Lipinski definition) is 1. The van der Waals surface area contributed by atoms with Gasteiger partial charge in [-0.25, -0.2) is 0 Å². The molecule has 0 spiro atoms. The molecule has 0 heterocycles. The summed E-state index contributed by atoms with van der Waals surface area (Å²) in [5.41, 5.74) is 0. The van der Waals surface area contributed by atoms with E-state index in [1.54, 1.807) is 0 Å². The highest BCUT2D eigenvalue weighted by Crippen LogP contribution is 2.19. The quantitative estimate of drug-likeness (QED) is 0.630. The molecule has 0 aliphatic carbocycles. The average molecular weight is 158 g/mol. The Morgan fingerprint density at radius 3 is 2.27 bits per heavy atom. The smallest absolute Gasteiger partial charge is 0.0456 e. The lowest BCUT2D eigenvalue weighted by atomic mass is 9.91. The van der Waals surface area contributed by atoms with Crippen molar-refractivity contribution in [3.63, 3.8) is 0 Å². The first kappa shape index (κ1) is 11.0. The second-order valence-corrected chi connectivity index (χ2v) is 3.59. The molecular weight excluding hydrogens is 136 g/mol. The van der Waals surface area contributed by atoms with E-state index < -0.39 is 0 Å². The van der Waals surface area contributed by atoms with Gasteiger partial charge >= 0.3 is 0 Å². The van der Waals surface area contributed by atoms with Crippen molar-refractivity contribution in [1.29, 1.82) is 0 Å². The topological polar surface area (TPSA) is 20.2 Å². The second kappa shape index (κ2) is 6.66. The van der Waals surface area contributed by atoms with Crippen molar-refractivity contribution in [1.82, 2.24) is 0 Å². The number of rotatable bonds is 6. The minimum Gasteiger partial charge on any atom is -0.396 e. The van der Waals surface area contributed by atoms with Crippen LogP contribution in [0.2, 0.25) is 0 Å². The summed E-state index contributed by atoms with van der Waals surface area (Å²) in [7, 11) is 0. The van der Waals surface area contributed by atoms with Gasteiger partial charge in [0.05, 0.1) is 0 Å². The molecule has 2 unspecified atom stereocenters. The fourth-order valence-corrected chi connectivity index (χ4v) is 1.54. The average Bonchev–Trinajstić information content (AvgIpc) is 2.03. The molecule has 0 aromatic heterocycles. The van der Waals surface area contributed by atoms with Crippen molar-refractivity contribution in [2.24, 2.45) is 11.8 Å². The van der Waals surface area contributed by atoms with E-state index in [4.69, 9.17) is 5.11 Å². The number of hydrogen-bond donors (Lipinski definition) is 1. The van der Waals surface area contributed by atoms with Crippen LogP contribution in [0.1, 0.15) is 46.5 Å². The second-order valence-electron chi connectivity index (χ2n) is 3.59. The maximum atomic E-state index is 8.85. The van der Waals surface area contributed by atoms with Crippen LogP contribution in [0.4, 0.5) is 0 Å². The molecule has 0 aliphatic rings. The van der Waals surface area contributed by atoms with Crippen LogP contribution in [0.5, 0.6) is 0 Å². The largest absolute Gasteiger partial charge is 0.396 e. The molecule has 0 amide bonds. The standard InChI is InChI=1S/C10H22O/c1-4-6-10(5-2)7-9(3)8-11/h9-11H,4-8H2,1-3H3. The monoisotopic (exact) mass is 158 g/mol. The predicted octanol–water partition coefficient (Wildman–Crippen LogP) is 2.83. The molecule has 0 aromatic rings. The van der Waals surface area contributed by atoms with Gasteiger partial charge in [-0.2, -0.15) is 0 Å². The molecule has 0 saturated carbocycles. The van der Waals surface area contributed by atoms with Gasteiger partial charge in [0.25, 0.3) is 0 Å². The zero-order valence-electron chi connectivity index (χ0n) is 8.14. The zero-order valence-corrected chi connectivity index (χ0v) is 8.14. The summed E-state index contributed by atoms with van der Waals surface area (Å²) in [6.45, 7) is 6.94. The summed E-state index contributed by atoms with van der Waals surface area (Å²) in [6.07, 6.45) is 5.05. The third-order valence-electron chi connectivity index (χ3n) is 2.32. The summed E-state index contributed by atoms with van der Waals surface area (Å²) in [5, 5.41) is 8.85. The lowest BCUT2D eigenvalue weighted by Crippen LogP contribution is -2.08. The highest BCUT2D eigenvalue weighted by atomic mass is 16.3. The Bertz CT molecular complexity index is 80.9. The van der Waals surface area contributed by atoms with E-state index in [1.165, 1.54) is 25.7 Å². The molecular formula is C10H22O. The fourth-order valence-electron chi connectivity index (χ4n) is 1.54. The first-order valence-corrected chi connectivity index (χ1v) is 4.85. The molecule has 0 aliphatic heterocycles. The summed E-state index contributed by atoms with van der Waals surface area (Å²) in [6, 6.07) is 0. The molecule has 68 valence electrons. The van der Waals surface area contributed by atoms with Crippen LogP contribution in [0.15, 0.2) is 0 Å². The van der Waals surface area contributed by atoms with Crippen molar-refractivity contribution in [3.8, 4) is 0 Å². The van der Waals surface area contributed by atoms with Crippen LogP contribution in [0, 0.1) is 11.8 Å². The van der Waals surface area contributed by atoms with Crippen molar-refractivity contribution >= 4 is 0 Å². The van der Waals surface area contributed by atoms with E-state index >= 15 is 0 Å². The van der Waals surface area contributed by atoms with Crippen LogP contribution < -0.4 is 0 Å². The lowest BCUT2D eigenvalue weighted by Gasteiger charge is -2.16. The molecule has 0 aromatic carbocycles. The molecule has 0 radical (unpaired) electrons. The molecule has 0 rings (SSSR count). The first-order chi connectivity index (χ1) is 5.24. The predicted molar refractivity (Wildman–Crippen MR) is 49.6 cm³/mol. The molecule has 0 fully saturated rings. The Balaban J connectivity index is 3.49. The van der Waals surface area contributed by atoms with E-state index in [-0.39, 0.29) is 0 Å². The van der Waals surface area contributed by atoms with E-state index in [1.807, 2.05) is 0 Å². The summed E-state index contributed by atoms with van der Waals surface area (Å²) < 4.78 is 0. The minimum atomic E-state index is 0.347. The van der Waals surface area contributed by atoms with Crippen LogP contribution in [0.25, 0.3) is 0 Å². The highest BCUT2D eigenvalue weighted by Gasteiger charge is 2.09. The van der Waals surface area contributed by atoms with Gasteiger partial charge in [0.2, 0.25) is 0 Å². The first-order valence-electron chi connectivity index (χ1n) is 4.85. The van der Waals surface area contributed by atoms with Crippen LogP contribution in [-0.4, -0.2) is 11.7 Å². The molecule has 11 heavy (non-hydrogen) atoms. The van der Waals surface area contributed by atoms with Gasteiger partial charge in [-0.3, -0.25) is 0 Å². The van der Waals surface area contributed by atoms with Crippen molar-refractivity contribution in [2.75, 3.05) is 6.61 Å². The Labute approximate surface area is 70.8 Å². The van der Waals surface area contributed by atoms with Gasteiger partial charge in [-0.05, 0) is 18.3 Å². The molecule has 2 atom stereocenters. The van der Waals surface area contributed by atoms with E-state index in [0.717, 1.165) is 5.92 Å². The van der Waals surface area contributed by atoms with Crippen LogP contribution in [0.3, 0.4) is 0 Å². The Morgan fingerprint density at radius 1 is 1.27 bits per heavy atom. The third-order valence-corrected chi connectivity index (χ3v) is 2.32. The summed E-state index contributed by atoms with van der Waals surface area (Å²) in [5.74, 6) is 1.33. The van der Waals surface area contributed by atoms with Crippen molar-refractivity contribution < 1.29 is 5.11 Å². The summed E-state index contributed by atoms with van der Waals surface area (Å²) >= 11 is 0. The molecule has 1 N–H and O–H groups in total. The van der Waals surface area contributed by atoms with Gasteiger partial charge < -0.3 is 5.11 Å². The Kier molecular flexibility index (Phi) is 6.63. The number of aliphatic hydroxyl groups is 1. The van der Waals surface area contributed by atoms with Gasteiger partial charge in [0.1, 0.15) is 0 Å². The van der Waals surface area contributed by atoms with Gasteiger partial charge in [0.15, 0.2) is 0 Å². The van der Waals surface area contributed by atoms with Gasteiger partial charge in [0, 0.05) is 6.61 Å². The van der Waals surface area contributed by atoms with Crippen LogP contribution >= 0.6 is 0 Å². The van der Waals surface area contributed by atoms with Crippen LogP contribution in [-0.2, 0) is 0 Å². The number of aliphatic hydroxyl groups excluding tert-OH is 1. The summed E-state index contributed by atoms with van der Waals surface area (Å²) in [4.78, 5) is 0. The van der Waals surface area contributed by atoms with Crippen molar-refractivity contribution in [2.45, 2.75) is 46.5 Å². The normalized spacial score (nSPS) is 16.4. The van der Waals surface area contributed by atoms with E-state index in [2.05, 4.69) is 20.8 Å².